The van der Waals surface area contributed by atoms with Crippen molar-refractivity contribution in [2.45, 2.75) is 34.6 Å². The van der Waals surface area contributed by atoms with Crippen molar-refractivity contribution in [3.63, 3.8) is 0 Å². The lowest BCUT2D eigenvalue weighted by Crippen LogP contribution is -2.50. The van der Waals surface area contributed by atoms with Crippen LogP contribution in [0.4, 0.5) is 0 Å². The Balaban J connectivity index is 0. The number of aromatic nitrogens is 2. The van der Waals surface area contributed by atoms with E-state index < -0.39 is 0 Å². The number of hydrogen-bond donors (Lipinski definition) is 1. The molecule has 0 spiro atoms. The number of nitrogens with two attached hydrogens (primary N) is 1. The fraction of sp³-hybridized carbons (Fsp3) is 0.263. The van der Waals surface area contributed by atoms with E-state index in [1.807, 2.05) is 27.7 Å². The molecule has 4 nitrogen and oxygen atoms in total. The third-order valence-electron chi connectivity index (χ3n) is 2.51. The number of nitrogens with zero attached hydrogens (tertiary/aromatic N) is 2. The van der Waals surface area contributed by atoms with Crippen molar-refractivity contribution in [2.24, 2.45) is 0 Å². The molecule has 4 heteroatoms. The predicted molar refractivity (Wildman–Crippen MR) is 104 cm³/mol. The van der Waals surface area contributed by atoms with Crippen molar-refractivity contribution in [3.8, 4) is 0 Å². The van der Waals surface area contributed by atoms with Gasteiger partial charge in [0.1, 0.15) is 0 Å². The molecule has 0 aromatic carbocycles. The molecule has 0 saturated heterocycles. The molecule has 0 unspecified atom stereocenters. The van der Waals surface area contributed by atoms with Crippen LogP contribution >= 0.6 is 0 Å². The van der Waals surface area contributed by atoms with Gasteiger partial charge < -0.3 is 5.84 Å². The first kappa shape index (κ1) is 22.7. The molecular formula is C19H29N3O. The van der Waals surface area contributed by atoms with Gasteiger partial charge in [0, 0.05) is 5.57 Å². The highest BCUT2D eigenvalue weighted by molar-refractivity contribution is 5.70. The first-order valence-corrected chi connectivity index (χ1v) is 7.73. The van der Waals surface area contributed by atoms with Crippen LogP contribution in [0.1, 0.15) is 40.4 Å². The summed E-state index contributed by atoms with van der Waals surface area (Å²) < 4.78 is 0.999. The van der Waals surface area contributed by atoms with Crippen molar-refractivity contribution in [2.75, 3.05) is 5.84 Å². The van der Waals surface area contributed by atoms with E-state index in [1.54, 1.807) is 37.3 Å². The molecule has 0 aliphatic rings. The summed E-state index contributed by atoms with van der Waals surface area (Å²) in [4.78, 5) is 16.6. The maximum Gasteiger partial charge on any atom is 0.280 e. The lowest BCUT2D eigenvalue weighted by atomic mass is 10.2. The molecule has 2 N–H and O–H groups in total. The third kappa shape index (κ3) is 5.94. The average molecular weight is 315 g/mol. The van der Waals surface area contributed by atoms with Crippen LogP contribution in [0.2, 0.25) is 0 Å². The smallest absolute Gasteiger partial charge is 0.280 e. The molecule has 0 atom stereocenters. The Bertz CT molecular complexity index is 722. The average Bonchev–Trinajstić information content (AvgIpc) is 2.61. The summed E-state index contributed by atoms with van der Waals surface area (Å²) in [7, 11) is 0. The molecule has 126 valence electrons. The largest absolute Gasteiger partial charge is 0.334 e. The van der Waals surface area contributed by atoms with E-state index in [2.05, 4.69) is 24.7 Å². The van der Waals surface area contributed by atoms with Crippen LogP contribution in [0.5, 0.6) is 0 Å². The summed E-state index contributed by atoms with van der Waals surface area (Å²) in [6.07, 6.45) is 9.70. The highest BCUT2D eigenvalue weighted by atomic mass is 16.1. The maximum atomic E-state index is 12.2. The first-order chi connectivity index (χ1) is 11.1. The van der Waals surface area contributed by atoms with Gasteiger partial charge in [-0.3, -0.25) is 4.79 Å². The second-order valence-electron chi connectivity index (χ2n) is 3.66. The topological polar surface area (TPSA) is 60.9 Å². The summed E-state index contributed by atoms with van der Waals surface area (Å²) in [5.74, 6) is 6.14. The SMILES string of the molecule is C=C/C=C(\C=C)c1nc(=C/C)/c(=C\C=C)c(=O)n1N.CC.CC. The summed E-state index contributed by atoms with van der Waals surface area (Å²) in [5, 5.41) is 0.962. The zero-order valence-corrected chi connectivity index (χ0v) is 15.0. The number of hydrogen-bond acceptors (Lipinski definition) is 3. The van der Waals surface area contributed by atoms with E-state index in [4.69, 9.17) is 5.84 Å². The highest BCUT2D eigenvalue weighted by Gasteiger charge is 2.08. The van der Waals surface area contributed by atoms with E-state index in [-0.39, 0.29) is 5.56 Å². The molecule has 0 aliphatic heterocycles. The Morgan fingerprint density at radius 2 is 1.70 bits per heavy atom. The van der Waals surface area contributed by atoms with Gasteiger partial charge in [-0.25, -0.2) is 9.66 Å². The number of rotatable bonds is 4. The van der Waals surface area contributed by atoms with E-state index in [1.165, 1.54) is 6.08 Å². The Morgan fingerprint density at radius 3 is 2.09 bits per heavy atom. The van der Waals surface area contributed by atoms with Gasteiger partial charge in [0.25, 0.3) is 5.56 Å². The lowest BCUT2D eigenvalue weighted by molar-refractivity contribution is 0.841. The zero-order valence-electron chi connectivity index (χ0n) is 15.0. The van der Waals surface area contributed by atoms with Gasteiger partial charge in [-0.2, -0.15) is 0 Å². The molecule has 1 heterocycles. The fourth-order valence-electron chi connectivity index (χ4n) is 1.62. The Morgan fingerprint density at radius 1 is 1.13 bits per heavy atom. The molecule has 1 aromatic rings. The van der Waals surface area contributed by atoms with Gasteiger partial charge in [-0.05, 0) is 13.0 Å². The van der Waals surface area contributed by atoms with Gasteiger partial charge in [0.05, 0.1) is 10.6 Å². The van der Waals surface area contributed by atoms with Crippen molar-refractivity contribution in [1.29, 1.82) is 0 Å². The molecule has 23 heavy (non-hydrogen) atoms. The standard InChI is InChI=1S/C15H17N3O.2C2H6/c1-5-9-11(7-3)14-17-13(8-4)12(10-6-2)15(19)18(14)16;2*1-2/h5-10H,1-3,16H2,4H3;2*1-2H3/b11-9+,12-10+,13-8+;;. The normalized spacial score (nSPS) is 11.6. The molecule has 0 bridgehead atoms. The van der Waals surface area contributed by atoms with E-state index in [0.717, 1.165) is 4.68 Å². The van der Waals surface area contributed by atoms with Crippen molar-refractivity contribution in [1.82, 2.24) is 9.66 Å². The minimum atomic E-state index is -0.338. The Hall–Kier alpha value is -2.62. The van der Waals surface area contributed by atoms with Gasteiger partial charge >= 0.3 is 0 Å². The quantitative estimate of drug-likeness (QED) is 0.686. The van der Waals surface area contributed by atoms with Gasteiger partial charge in [0.15, 0.2) is 5.82 Å². The molecule has 1 rings (SSSR count). The highest BCUT2D eigenvalue weighted by Crippen LogP contribution is 2.07. The molecular weight excluding hydrogens is 286 g/mol. The Kier molecular flexibility index (Phi) is 12.9. The molecule has 0 aliphatic carbocycles. The Labute approximate surface area is 139 Å². The van der Waals surface area contributed by atoms with Crippen molar-refractivity contribution < 1.29 is 0 Å². The van der Waals surface area contributed by atoms with E-state index in [0.29, 0.717) is 22.0 Å². The molecule has 0 amide bonds. The first-order valence-electron chi connectivity index (χ1n) is 7.73. The van der Waals surface area contributed by atoms with Gasteiger partial charge in [-0.1, -0.05) is 77.8 Å². The van der Waals surface area contributed by atoms with E-state index >= 15 is 0 Å². The van der Waals surface area contributed by atoms with Gasteiger partial charge in [-0.15, -0.1) is 0 Å². The van der Waals surface area contributed by atoms with Crippen LogP contribution in [0.15, 0.2) is 48.8 Å². The minimum absolute atomic E-state index is 0.338. The van der Waals surface area contributed by atoms with Crippen LogP contribution in [-0.2, 0) is 0 Å². The van der Waals surface area contributed by atoms with Crippen LogP contribution in [-0.4, -0.2) is 9.66 Å². The van der Waals surface area contributed by atoms with Crippen LogP contribution in [0.3, 0.4) is 0 Å². The van der Waals surface area contributed by atoms with Crippen molar-refractivity contribution in [3.05, 3.63) is 70.8 Å². The fourth-order valence-corrected chi connectivity index (χ4v) is 1.62. The lowest BCUT2D eigenvalue weighted by Gasteiger charge is -2.07. The maximum absolute atomic E-state index is 12.2. The predicted octanol–water partition coefficient (Wildman–Crippen LogP) is 2.53. The molecule has 1 aromatic heterocycles. The van der Waals surface area contributed by atoms with Crippen LogP contribution < -0.4 is 22.0 Å². The second kappa shape index (κ2) is 13.1. The summed E-state index contributed by atoms with van der Waals surface area (Å²) in [5.41, 5.74) is 0.290. The second-order valence-corrected chi connectivity index (χ2v) is 3.66. The van der Waals surface area contributed by atoms with Crippen LogP contribution in [0, 0.1) is 0 Å². The third-order valence-corrected chi connectivity index (χ3v) is 2.51. The van der Waals surface area contributed by atoms with E-state index in [9.17, 15) is 4.79 Å². The van der Waals surface area contributed by atoms with Crippen molar-refractivity contribution >= 4 is 17.7 Å². The van der Waals surface area contributed by atoms with Crippen LogP contribution in [0.25, 0.3) is 17.7 Å². The number of nitrogen functional groups attached to an aromatic ring is 1. The number of allylic oxidation sites excluding steroid dienone is 5. The molecule has 0 radical (unpaired) electrons. The summed E-state index contributed by atoms with van der Waals surface area (Å²) in [6, 6.07) is 0. The summed E-state index contributed by atoms with van der Waals surface area (Å²) >= 11 is 0. The minimum Gasteiger partial charge on any atom is -0.334 e. The zero-order chi connectivity index (χ0) is 18.4. The van der Waals surface area contributed by atoms with Gasteiger partial charge in [0.2, 0.25) is 0 Å². The summed E-state index contributed by atoms with van der Waals surface area (Å²) in [6.45, 7) is 20.7. The molecule has 0 saturated carbocycles. The monoisotopic (exact) mass is 315 g/mol. The molecule has 0 fully saturated rings.